The molecule has 0 amide bonds. The molecule has 1 atom stereocenters. The van der Waals surface area contributed by atoms with Crippen LogP contribution in [0.15, 0.2) is 30.3 Å². The molecule has 1 saturated carbocycles. The molecule has 0 saturated heterocycles. The van der Waals surface area contributed by atoms with Gasteiger partial charge >= 0.3 is 0 Å². The van der Waals surface area contributed by atoms with Gasteiger partial charge in [0.25, 0.3) is 0 Å². The van der Waals surface area contributed by atoms with Crippen molar-refractivity contribution in [2.45, 2.75) is 31.0 Å². The zero-order valence-electron chi connectivity index (χ0n) is 9.39. The summed E-state index contributed by atoms with van der Waals surface area (Å²) in [6.45, 7) is 1.07. The third-order valence-corrected chi connectivity index (χ3v) is 3.26. The summed E-state index contributed by atoms with van der Waals surface area (Å²) >= 11 is 0. The Morgan fingerprint density at radius 2 is 1.94 bits per heavy atom. The van der Waals surface area contributed by atoms with Gasteiger partial charge in [-0.25, -0.2) is 0 Å². The van der Waals surface area contributed by atoms with Crippen molar-refractivity contribution in [1.29, 1.82) is 0 Å². The lowest BCUT2D eigenvalue weighted by Gasteiger charge is -2.37. The van der Waals surface area contributed by atoms with Gasteiger partial charge in [-0.2, -0.15) is 0 Å². The Morgan fingerprint density at radius 1 is 1.25 bits per heavy atom. The first-order chi connectivity index (χ1) is 7.70. The van der Waals surface area contributed by atoms with Gasteiger partial charge in [0.05, 0.1) is 11.7 Å². The number of hydrogen-bond donors (Lipinski definition) is 3. The maximum absolute atomic E-state index is 9.86. The molecule has 2 rings (SSSR count). The van der Waals surface area contributed by atoms with E-state index in [1.165, 1.54) is 0 Å². The second-order valence-electron chi connectivity index (χ2n) is 4.64. The van der Waals surface area contributed by atoms with Crippen molar-refractivity contribution in [2.24, 2.45) is 0 Å². The van der Waals surface area contributed by atoms with Crippen LogP contribution in [-0.4, -0.2) is 28.9 Å². The first-order valence-corrected chi connectivity index (χ1v) is 5.86. The van der Waals surface area contributed by atoms with Crippen LogP contribution in [0, 0.1) is 0 Å². The van der Waals surface area contributed by atoms with Gasteiger partial charge in [-0.15, -0.1) is 0 Å². The summed E-state index contributed by atoms with van der Waals surface area (Å²) in [6, 6.07) is 9.57. The van der Waals surface area contributed by atoms with Crippen LogP contribution in [0.2, 0.25) is 0 Å². The minimum absolute atomic E-state index is 0.492. The number of aliphatic hydroxyl groups excluding tert-OH is 1. The highest BCUT2D eigenvalue weighted by atomic mass is 16.3. The Hall–Kier alpha value is -0.900. The van der Waals surface area contributed by atoms with E-state index in [2.05, 4.69) is 5.32 Å². The second-order valence-corrected chi connectivity index (χ2v) is 4.64. The smallest absolute Gasteiger partial charge is 0.0914 e. The van der Waals surface area contributed by atoms with E-state index in [4.69, 9.17) is 0 Å². The summed E-state index contributed by atoms with van der Waals surface area (Å²) in [6.07, 6.45) is 2.37. The molecule has 3 N–H and O–H groups in total. The van der Waals surface area contributed by atoms with Crippen molar-refractivity contribution in [2.75, 3.05) is 13.1 Å². The Labute approximate surface area is 96.1 Å². The highest BCUT2D eigenvalue weighted by Crippen LogP contribution is 2.30. The minimum Gasteiger partial charge on any atom is -0.389 e. The van der Waals surface area contributed by atoms with E-state index in [0.717, 1.165) is 24.8 Å². The van der Waals surface area contributed by atoms with E-state index in [-0.39, 0.29) is 0 Å². The zero-order chi connectivity index (χ0) is 11.4. The lowest BCUT2D eigenvalue weighted by Crippen LogP contribution is -2.46. The van der Waals surface area contributed by atoms with Crippen LogP contribution in [0.1, 0.15) is 30.9 Å². The van der Waals surface area contributed by atoms with E-state index in [0.29, 0.717) is 13.1 Å². The molecule has 1 aromatic rings. The molecule has 0 radical (unpaired) electrons. The van der Waals surface area contributed by atoms with E-state index in [1.807, 2.05) is 30.3 Å². The van der Waals surface area contributed by atoms with Crippen molar-refractivity contribution in [3.8, 4) is 0 Å². The molecule has 0 aliphatic heterocycles. The van der Waals surface area contributed by atoms with Crippen LogP contribution in [0.4, 0.5) is 0 Å². The van der Waals surface area contributed by atoms with Gasteiger partial charge in [-0.1, -0.05) is 30.3 Å². The summed E-state index contributed by atoms with van der Waals surface area (Å²) in [4.78, 5) is 0. The molecular weight excluding hydrogens is 202 g/mol. The van der Waals surface area contributed by atoms with Crippen LogP contribution < -0.4 is 5.32 Å². The van der Waals surface area contributed by atoms with E-state index >= 15 is 0 Å². The lowest BCUT2D eigenvalue weighted by molar-refractivity contribution is -0.0328. The molecule has 3 heteroatoms. The van der Waals surface area contributed by atoms with Crippen LogP contribution in [0.3, 0.4) is 0 Å². The number of aliphatic hydroxyl groups is 2. The van der Waals surface area contributed by atoms with Crippen molar-refractivity contribution in [3.05, 3.63) is 35.9 Å². The van der Waals surface area contributed by atoms with Crippen molar-refractivity contribution >= 4 is 0 Å². The quantitative estimate of drug-likeness (QED) is 0.701. The Bertz CT molecular complexity index is 322. The standard InChI is InChI=1S/C13H19NO2/c15-12(11-5-2-1-3-6-11)9-14-10-13(16)7-4-8-13/h1-3,5-6,12,14-16H,4,7-10H2. The Morgan fingerprint density at radius 3 is 2.50 bits per heavy atom. The van der Waals surface area contributed by atoms with Crippen LogP contribution in [-0.2, 0) is 0 Å². The van der Waals surface area contributed by atoms with Crippen LogP contribution in [0.5, 0.6) is 0 Å². The van der Waals surface area contributed by atoms with E-state index < -0.39 is 11.7 Å². The molecule has 88 valence electrons. The average Bonchev–Trinajstić information content (AvgIpc) is 2.28. The van der Waals surface area contributed by atoms with Crippen LogP contribution in [0.25, 0.3) is 0 Å². The van der Waals surface area contributed by atoms with E-state index in [1.54, 1.807) is 0 Å². The molecule has 0 bridgehead atoms. The molecule has 1 aliphatic carbocycles. The second kappa shape index (κ2) is 4.95. The van der Waals surface area contributed by atoms with Gasteiger partial charge in [0.15, 0.2) is 0 Å². The van der Waals surface area contributed by atoms with Crippen molar-refractivity contribution < 1.29 is 10.2 Å². The molecule has 1 unspecified atom stereocenters. The lowest BCUT2D eigenvalue weighted by atomic mass is 9.80. The van der Waals surface area contributed by atoms with Crippen molar-refractivity contribution in [1.82, 2.24) is 5.32 Å². The predicted molar refractivity (Wildman–Crippen MR) is 63.1 cm³/mol. The molecule has 1 fully saturated rings. The minimum atomic E-state index is -0.517. The normalized spacial score (nSPS) is 20.1. The topological polar surface area (TPSA) is 52.5 Å². The highest BCUT2D eigenvalue weighted by molar-refractivity contribution is 5.17. The molecule has 1 aromatic carbocycles. The molecule has 0 heterocycles. The monoisotopic (exact) mass is 221 g/mol. The molecule has 1 aliphatic rings. The number of benzene rings is 1. The number of rotatable bonds is 5. The summed E-state index contributed by atoms with van der Waals surface area (Å²) in [5.74, 6) is 0. The highest BCUT2D eigenvalue weighted by Gasteiger charge is 2.33. The molecular formula is C13H19NO2. The summed E-state index contributed by atoms with van der Waals surface area (Å²) in [5, 5.41) is 22.8. The van der Waals surface area contributed by atoms with Gasteiger partial charge in [-0.05, 0) is 24.8 Å². The van der Waals surface area contributed by atoms with Gasteiger partial charge < -0.3 is 15.5 Å². The van der Waals surface area contributed by atoms with Gasteiger partial charge in [0.1, 0.15) is 0 Å². The molecule has 16 heavy (non-hydrogen) atoms. The zero-order valence-corrected chi connectivity index (χ0v) is 9.39. The Balaban J connectivity index is 1.74. The van der Waals surface area contributed by atoms with Gasteiger partial charge in [0.2, 0.25) is 0 Å². The molecule has 3 nitrogen and oxygen atoms in total. The van der Waals surface area contributed by atoms with Gasteiger partial charge in [0, 0.05) is 13.1 Å². The predicted octanol–water partition coefficient (Wildman–Crippen LogP) is 1.22. The maximum atomic E-state index is 9.86. The Kier molecular flexibility index (Phi) is 3.59. The third kappa shape index (κ3) is 2.82. The fourth-order valence-corrected chi connectivity index (χ4v) is 2.00. The maximum Gasteiger partial charge on any atom is 0.0914 e. The van der Waals surface area contributed by atoms with Crippen molar-refractivity contribution in [3.63, 3.8) is 0 Å². The fourth-order valence-electron chi connectivity index (χ4n) is 2.00. The number of hydrogen-bond acceptors (Lipinski definition) is 3. The largest absolute Gasteiger partial charge is 0.389 e. The fraction of sp³-hybridized carbons (Fsp3) is 0.538. The number of nitrogens with one attached hydrogen (secondary N) is 1. The first-order valence-electron chi connectivity index (χ1n) is 5.86. The average molecular weight is 221 g/mol. The summed E-state index contributed by atoms with van der Waals surface area (Å²) < 4.78 is 0. The third-order valence-electron chi connectivity index (χ3n) is 3.26. The van der Waals surface area contributed by atoms with Gasteiger partial charge in [-0.3, -0.25) is 0 Å². The summed E-state index contributed by atoms with van der Waals surface area (Å²) in [5.41, 5.74) is 0.395. The van der Waals surface area contributed by atoms with Crippen LogP contribution >= 0.6 is 0 Å². The first kappa shape index (κ1) is 11.6. The summed E-state index contributed by atoms with van der Waals surface area (Å²) in [7, 11) is 0. The molecule has 0 spiro atoms. The molecule has 0 aromatic heterocycles. The SMILES string of the molecule is OC(CNCC1(O)CCC1)c1ccccc1. The van der Waals surface area contributed by atoms with E-state index in [9.17, 15) is 10.2 Å².